The van der Waals surface area contributed by atoms with Gasteiger partial charge in [-0.15, -0.1) is 12.4 Å². The molecule has 6 heteroatoms. The quantitative estimate of drug-likeness (QED) is 0.776. The second kappa shape index (κ2) is 9.18. The number of hydrogen-bond acceptors (Lipinski definition) is 5. The van der Waals surface area contributed by atoms with Crippen molar-refractivity contribution in [2.45, 2.75) is 25.9 Å². The summed E-state index contributed by atoms with van der Waals surface area (Å²) in [4.78, 5) is 2.52. The zero-order chi connectivity index (χ0) is 16.1. The van der Waals surface area contributed by atoms with Crippen LogP contribution in [-0.4, -0.2) is 60.5 Å². The van der Waals surface area contributed by atoms with E-state index in [0.29, 0.717) is 12.0 Å². The van der Waals surface area contributed by atoms with Gasteiger partial charge in [0.05, 0.1) is 6.61 Å². The van der Waals surface area contributed by atoms with E-state index in [1.54, 1.807) is 0 Å². The van der Waals surface area contributed by atoms with Crippen LogP contribution in [0, 0.1) is 5.41 Å². The average Bonchev–Trinajstić information content (AvgIpc) is 2.55. The fourth-order valence-electron chi connectivity index (χ4n) is 3.53. The predicted molar refractivity (Wildman–Crippen MR) is 102 cm³/mol. The van der Waals surface area contributed by atoms with E-state index in [2.05, 4.69) is 11.8 Å². The smallest absolute Gasteiger partial charge is 0.161 e. The van der Waals surface area contributed by atoms with Crippen molar-refractivity contribution in [3.8, 4) is 11.5 Å². The van der Waals surface area contributed by atoms with Gasteiger partial charge in [-0.2, -0.15) is 11.8 Å². The highest BCUT2D eigenvalue weighted by atomic mass is 35.5. The third-order valence-corrected chi connectivity index (χ3v) is 5.95. The molecule has 136 valence electrons. The van der Waals surface area contributed by atoms with Crippen molar-refractivity contribution >= 4 is 24.2 Å². The highest BCUT2D eigenvalue weighted by molar-refractivity contribution is 7.99. The summed E-state index contributed by atoms with van der Waals surface area (Å²) in [6.07, 6.45) is 2.62. The number of para-hydroxylation sites is 2. The Labute approximate surface area is 155 Å². The number of likely N-dealkylation sites (tertiary alicyclic amines) is 1. The Morgan fingerprint density at radius 2 is 2.12 bits per heavy atom. The maximum atomic E-state index is 8.97. The van der Waals surface area contributed by atoms with Crippen LogP contribution < -0.4 is 9.47 Å². The molecule has 1 aromatic rings. The van der Waals surface area contributed by atoms with Crippen LogP contribution in [0.4, 0.5) is 0 Å². The van der Waals surface area contributed by atoms with Gasteiger partial charge in [0, 0.05) is 18.8 Å². The third kappa shape index (κ3) is 5.19. The fourth-order valence-corrected chi connectivity index (χ4v) is 4.53. The molecule has 0 aromatic heterocycles. The van der Waals surface area contributed by atoms with Crippen LogP contribution in [0.3, 0.4) is 0 Å². The van der Waals surface area contributed by atoms with E-state index in [1.165, 1.54) is 12.8 Å². The molecule has 2 aliphatic heterocycles. The number of nitrogens with zero attached hydrogens (tertiary/aromatic N) is 1. The maximum Gasteiger partial charge on any atom is 0.161 e. The monoisotopic (exact) mass is 373 g/mol. The lowest BCUT2D eigenvalue weighted by atomic mass is 9.84. The first-order chi connectivity index (χ1) is 11.2. The molecule has 2 aliphatic rings. The third-order valence-electron chi connectivity index (χ3n) is 4.58. The number of hydrogen-bond donors (Lipinski definition) is 1. The second-order valence-corrected chi connectivity index (χ2v) is 8.03. The Balaban J connectivity index is 0.00000208. The van der Waals surface area contributed by atoms with E-state index in [0.717, 1.165) is 42.6 Å². The minimum absolute atomic E-state index is 0. The van der Waals surface area contributed by atoms with Gasteiger partial charge in [0.25, 0.3) is 0 Å². The van der Waals surface area contributed by atoms with Gasteiger partial charge in [-0.25, -0.2) is 0 Å². The molecule has 1 N–H and O–H groups in total. The van der Waals surface area contributed by atoms with Gasteiger partial charge in [0.2, 0.25) is 0 Å². The summed E-state index contributed by atoms with van der Waals surface area (Å²) in [5, 5.41) is 8.97. The van der Waals surface area contributed by atoms with Crippen LogP contribution in [0.5, 0.6) is 11.5 Å². The largest absolute Gasteiger partial charge is 0.486 e. The summed E-state index contributed by atoms with van der Waals surface area (Å²) >= 11 is 1.86. The molecule has 2 atom stereocenters. The standard InChI is InChI=1S/C18H27NO3S.ClH/c1-18(14-23-10-9-20)7-4-8-19(13-18)11-15-12-21-16-5-2-3-6-17(16)22-15;/h2-3,5-6,15,20H,4,7-14H2,1H3;1H/t15-,18-;/m0./s1. The molecule has 0 radical (unpaired) electrons. The summed E-state index contributed by atoms with van der Waals surface area (Å²) in [7, 11) is 0. The Hall–Kier alpha value is -0.620. The van der Waals surface area contributed by atoms with Crippen LogP contribution in [0.1, 0.15) is 19.8 Å². The lowest BCUT2D eigenvalue weighted by Gasteiger charge is -2.42. The van der Waals surface area contributed by atoms with Crippen molar-refractivity contribution in [3.05, 3.63) is 24.3 Å². The number of piperidine rings is 1. The van der Waals surface area contributed by atoms with Crippen molar-refractivity contribution in [1.82, 2.24) is 4.90 Å². The topological polar surface area (TPSA) is 41.9 Å². The van der Waals surface area contributed by atoms with Crippen LogP contribution in [0.15, 0.2) is 24.3 Å². The molecule has 2 heterocycles. The van der Waals surface area contributed by atoms with Gasteiger partial charge in [0.15, 0.2) is 11.5 Å². The molecule has 1 aromatic carbocycles. The molecular weight excluding hydrogens is 346 g/mol. The molecule has 0 spiro atoms. The van der Waals surface area contributed by atoms with Crippen LogP contribution in [0.25, 0.3) is 0 Å². The Bertz CT molecular complexity index is 519. The van der Waals surface area contributed by atoms with Crippen molar-refractivity contribution in [3.63, 3.8) is 0 Å². The molecule has 0 unspecified atom stereocenters. The average molecular weight is 374 g/mol. The molecule has 0 saturated carbocycles. The molecule has 24 heavy (non-hydrogen) atoms. The van der Waals surface area contributed by atoms with Crippen LogP contribution >= 0.6 is 24.2 Å². The molecule has 1 saturated heterocycles. The number of fused-ring (bicyclic) bond motifs is 1. The van der Waals surface area contributed by atoms with Gasteiger partial charge in [-0.05, 0) is 42.7 Å². The minimum atomic E-state index is 0. The Morgan fingerprint density at radius 3 is 2.92 bits per heavy atom. The van der Waals surface area contributed by atoms with Crippen LogP contribution in [0.2, 0.25) is 0 Å². The van der Waals surface area contributed by atoms with Crippen molar-refractivity contribution in [1.29, 1.82) is 0 Å². The molecule has 0 aliphatic carbocycles. The number of thioether (sulfide) groups is 1. The first-order valence-electron chi connectivity index (χ1n) is 8.48. The van der Waals surface area contributed by atoms with Gasteiger partial charge in [-0.1, -0.05) is 19.1 Å². The summed E-state index contributed by atoms with van der Waals surface area (Å²) in [5.41, 5.74) is 0.339. The first-order valence-corrected chi connectivity index (χ1v) is 9.63. The summed E-state index contributed by atoms with van der Waals surface area (Å²) < 4.78 is 11.9. The normalized spacial score (nSPS) is 26.7. The molecular formula is C18H28ClNO3S. The number of benzene rings is 1. The SMILES string of the molecule is C[C@]1(CSCCO)CCCN(C[C@H]2COc3ccccc3O2)C1.Cl. The van der Waals surface area contributed by atoms with E-state index in [4.69, 9.17) is 14.6 Å². The molecule has 0 amide bonds. The van der Waals surface area contributed by atoms with Gasteiger partial charge in [0.1, 0.15) is 12.7 Å². The first kappa shape index (κ1) is 19.7. The summed E-state index contributed by atoms with van der Waals surface area (Å²) in [6, 6.07) is 7.90. The maximum absolute atomic E-state index is 8.97. The number of ether oxygens (including phenoxy) is 2. The minimum Gasteiger partial charge on any atom is -0.486 e. The molecule has 0 bridgehead atoms. The molecule has 3 rings (SSSR count). The summed E-state index contributed by atoms with van der Waals surface area (Å²) in [6.45, 7) is 6.45. The summed E-state index contributed by atoms with van der Waals surface area (Å²) in [5.74, 6) is 3.68. The Morgan fingerprint density at radius 1 is 1.33 bits per heavy atom. The predicted octanol–water partition coefficient (Wildman–Crippen LogP) is 3.08. The van der Waals surface area contributed by atoms with Gasteiger partial charge < -0.3 is 14.6 Å². The Kier molecular flexibility index (Phi) is 7.54. The van der Waals surface area contributed by atoms with Crippen LogP contribution in [-0.2, 0) is 0 Å². The van der Waals surface area contributed by atoms with E-state index in [1.807, 2.05) is 36.0 Å². The number of halogens is 1. The number of rotatable bonds is 6. The van der Waals surface area contributed by atoms with E-state index in [-0.39, 0.29) is 25.1 Å². The van der Waals surface area contributed by atoms with Gasteiger partial charge >= 0.3 is 0 Å². The lowest BCUT2D eigenvalue weighted by molar-refractivity contribution is 0.0329. The van der Waals surface area contributed by atoms with Gasteiger partial charge in [-0.3, -0.25) is 4.90 Å². The van der Waals surface area contributed by atoms with E-state index >= 15 is 0 Å². The molecule has 1 fully saturated rings. The van der Waals surface area contributed by atoms with E-state index in [9.17, 15) is 0 Å². The molecule has 4 nitrogen and oxygen atoms in total. The highest BCUT2D eigenvalue weighted by Crippen LogP contribution is 2.34. The zero-order valence-electron chi connectivity index (χ0n) is 14.3. The van der Waals surface area contributed by atoms with E-state index < -0.39 is 0 Å². The van der Waals surface area contributed by atoms with Crippen molar-refractivity contribution in [2.75, 3.05) is 44.4 Å². The zero-order valence-corrected chi connectivity index (χ0v) is 15.9. The number of aliphatic hydroxyl groups excluding tert-OH is 1. The highest BCUT2D eigenvalue weighted by Gasteiger charge is 2.33. The lowest BCUT2D eigenvalue weighted by Crippen LogP contribution is -2.48. The fraction of sp³-hybridized carbons (Fsp3) is 0.667. The number of aliphatic hydroxyl groups is 1. The second-order valence-electron chi connectivity index (χ2n) is 6.92. The van der Waals surface area contributed by atoms with Crippen molar-refractivity contribution in [2.24, 2.45) is 5.41 Å². The van der Waals surface area contributed by atoms with Crippen molar-refractivity contribution < 1.29 is 14.6 Å².